The molecular weight excluding hydrogens is 321 g/mol. The molecule has 0 aromatic heterocycles. The van der Waals surface area contributed by atoms with E-state index in [0.717, 1.165) is 24.3 Å². The van der Waals surface area contributed by atoms with Crippen LogP contribution in [0, 0.1) is 5.82 Å². The lowest BCUT2D eigenvalue weighted by Gasteiger charge is -2.24. The predicted molar refractivity (Wildman–Crippen MR) is 81.0 cm³/mol. The molecule has 1 atom stereocenters. The zero-order chi connectivity index (χ0) is 16.4. The van der Waals surface area contributed by atoms with E-state index in [1.165, 1.54) is 0 Å². The second-order valence-electron chi connectivity index (χ2n) is 5.15. The minimum Gasteiger partial charge on any atom is -0.493 e. The van der Waals surface area contributed by atoms with Crippen LogP contribution in [0.5, 0.6) is 5.75 Å². The van der Waals surface area contributed by atoms with Gasteiger partial charge in [-0.1, -0.05) is 18.2 Å². The Hall–Kier alpha value is -2.41. The van der Waals surface area contributed by atoms with E-state index in [1.54, 1.807) is 24.3 Å². The Bertz CT molecular complexity index is 833. The summed E-state index contributed by atoms with van der Waals surface area (Å²) in [5.41, 5.74) is 0.658. The Morgan fingerprint density at radius 2 is 1.83 bits per heavy atom. The van der Waals surface area contributed by atoms with Crippen molar-refractivity contribution >= 4 is 15.9 Å². The number of para-hydroxylation sites is 1. The summed E-state index contributed by atoms with van der Waals surface area (Å²) in [4.78, 5) is 12.2. The molecule has 7 heteroatoms. The van der Waals surface area contributed by atoms with Crippen molar-refractivity contribution in [1.29, 1.82) is 0 Å². The van der Waals surface area contributed by atoms with Crippen molar-refractivity contribution in [1.82, 2.24) is 4.72 Å². The van der Waals surface area contributed by atoms with E-state index in [2.05, 4.69) is 4.72 Å². The zero-order valence-electron chi connectivity index (χ0n) is 12.0. The molecule has 2 aromatic rings. The van der Waals surface area contributed by atoms with E-state index in [9.17, 15) is 17.6 Å². The number of halogens is 1. The number of carbonyl (C=O) groups excluding carboxylic acids is 1. The second kappa shape index (κ2) is 6.00. The quantitative estimate of drug-likeness (QED) is 0.933. The Balaban J connectivity index is 1.84. The largest absolute Gasteiger partial charge is 0.493 e. The highest BCUT2D eigenvalue weighted by Gasteiger charge is 2.30. The maximum Gasteiger partial charge on any atom is 0.264 e. The van der Waals surface area contributed by atoms with Crippen molar-refractivity contribution in [2.24, 2.45) is 0 Å². The first-order chi connectivity index (χ1) is 11.0. The second-order valence-corrected chi connectivity index (χ2v) is 6.83. The van der Waals surface area contributed by atoms with Gasteiger partial charge in [-0.05, 0) is 36.8 Å². The molecule has 3 rings (SSSR count). The molecule has 2 aromatic carbocycles. The Morgan fingerprint density at radius 3 is 2.57 bits per heavy atom. The van der Waals surface area contributed by atoms with Gasteiger partial charge in [-0.15, -0.1) is 0 Å². The summed E-state index contributed by atoms with van der Waals surface area (Å²) in [6.07, 6.45) is 0.391. The lowest BCUT2D eigenvalue weighted by Crippen LogP contribution is -2.36. The average Bonchev–Trinajstić information content (AvgIpc) is 2.54. The molecule has 1 aliphatic heterocycles. The summed E-state index contributed by atoms with van der Waals surface area (Å²) in [6.45, 7) is 0.339. The summed E-state index contributed by atoms with van der Waals surface area (Å²) < 4.78 is 44.9. The minimum atomic E-state index is -4.04. The topological polar surface area (TPSA) is 72.5 Å². The van der Waals surface area contributed by atoms with E-state index in [1.807, 2.05) is 0 Å². The van der Waals surface area contributed by atoms with E-state index in [0.29, 0.717) is 24.3 Å². The van der Waals surface area contributed by atoms with Crippen LogP contribution in [0.4, 0.5) is 4.39 Å². The van der Waals surface area contributed by atoms with Gasteiger partial charge >= 0.3 is 0 Å². The summed E-state index contributed by atoms with van der Waals surface area (Å²) >= 11 is 0. The Labute approximate surface area is 133 Å². The van der Waals surface area contributed by atoms with Crippen molar-refractivity contribution in [2.75, 3.05) is 6.61 Å². The first kappa shape index (κ1) is 15.5. The van der Waals surface area contributed by atoms with Gasteiger partial charge in [0.15, 0.2) is 0 Å². The molecule has 0 bridgehead atoms. The molecule has 0 fully saturated rings. The molecular formula is C16H14FNO4S. The highest BCUT2D eigenvalue weighted by Crippen LogP contribution is 2.33. The molecule has 23 heavy (non-hydrogen) atoms. The molecule has 0 spiro atoms. The van der Waals surface area contributed by atoms with Gasteiger partial charge in [-0.3, -0.25) is 4.79 Å². The van der Waals surface area contributed by atoms with E-state index >= 15 is 0 Å². The number of amides is 1. The van der Waals surface area contributed by atoms with Gasteiger partial charge in [0.2, 0.25) is 5.91 Å². The average molecular weight is 335 g/mol. The van der Waals surface area contributed by atoms with Gasteiger partial charge in [-0.2, -0.15) is 0 Å². The number of hydrogen-bond acceptors (Lipinski definition) is 4. The number of rotatable bonds is 3. The van der Waals surface area contributed by atoms with Crippen molar-refractivity contribution in [3.63, 3.8) is 0 Å². The van der Waals surface area contributed by atoms with Crippen LogP contribution in [0.2, 0.25) is 0 Å². The van der Waals surface area contributed by atoms with Crippen LogP contribution < -0.4 is 9.46 Å². The highest BCUT2D eigenvalue weighted by molar-refractivity contribution is 7.90. The summed E-state index contributed by atoms with van der Waals surface area (Å²) in [5.74, 6) is -1.19. The zero-order valence-corrected chi connectivity index (χ0v) is 12.8. The molecule has 0 aliphatic carbocycles. The van der Waals surface area contributed by atoms with Gasteiger partial charge in [0.1, 0.15) is 11.6 Å². The summed E-state index contributed by atoms with van der Waals surface area (Å²) in [5, 5.41) is 0. The van der Waals surface area contributed by atoms with Crippen LogP contribution in [-0.2, 0) is 14.8 Å². The Morgan fingerprint density at radius 1 is 1.13 bits per heavy atom. The molecule has 1 heterocycles. The third kappa shape index (κ3) is 3.19. The van der Waals surface area contributed by atoms with E-state index < -0.39 is 27.7 Å². The molecule has 1 amide bonds. The molecule has 0 unspecified atom stereocenters. The highest BCUT2D eigenvalue weighted by atomic mass is 32.2. The maximum atomic E-state index is 12.9. The van der Waals surface area contributed by atoms with Gasteiger partial charge in [-0.25, -0.2) is 17.5 Å². The molecule has 0 radical (unpaired) electrons. The number of hydrogen-bond donors (Lipinski definition) is 1. The summed E-state index contributed by atoms with van der Waals surface area (Å²) in [6, 6.07) is 11.3. The number of nitrogens with one attached hydrogen (secondary N) is 1. The smallest absolute Gasteiger partial charge is 0.264 e. The number of carbonyl (C=O) groups is 1. The van der Waals surface area contributed by atoms with Crippen molar-refractivity contribution < 1.29 is 22.3 Å². The van der Waals surface area contributed by atoms with Gasteiger partial charge in [0, 0.05) is 5.56 Å². The number of sulfonamides is 1. The maximum absolute atomic E-state index is 12.9. The molecule has 0 saturated heterocycles. The fourth-order valence-electron chi connectivity index (χ4n) is 2.49. The lowest BCUT2D eigenvalue weighted by atomic mass is 9.93. The SMILES string of the molecule is O=C(NS(=O)(=O)c1ccc(F)cc1)[C@H]1CCOc2ccccc21. The fraction of sp³-hybridized carbons (Fsp3) is 0.188. The molecule has 1 N–H and O–H groups in total. The molecule has 5 nitrogen and oxygen atoms in total. The first-order valence-electron chi connectivity index (χ1n) is 7.01. The van der Waals surface area contributed by atoms with Crippen LogP contribution in [0.25, 0.3) is 0 Å². The van der Waals surface area contributed by atoms with Crippen molar-refractivity contribution in [3.8, 4) is 5.75 Å². The van der Waals surface area contributed by atoms with Crippen LogP contribution in [0.3, 0.4) is 0 Å². The normalized spacial score (nSPS) is 17.0. The Kier molecular flexibility index (Phi) is 4.04. The lowest BCUT2D eigenvalue weighted by molar-refractivity contribution is -0.121. The minimum absolute atomic E-state index is 0.160. The number of ether oxygens (including phenoxy) is 1. The van der Waals surface area contributed by atoms with Crippen LogP contribution in [0.15, 0.2) is 53.4 Å². The summed E-state index contributed by atoms with van der Waals surface area (Å²) in [7, 11) is -4.04. The number of benzene rings is 2. The van der Waals surface area contributed by atoms with Crippen molar-refractivity contribution in [3.05, 3.63) is 59.9 Å². The fourth-order valence-corrected chi connectivity index (χ4v) is 3.51. The predicted octanol–water partition coefficient (Wildman–Crippen LogP) is 2.20. The number of fused-ring (bicyclic) bond motifs is 1. The van der Waals surface area contributed by atoms with Crippen LogP contribution in [-0.4, -0.2) is 20.9 Å². The van der Waals surface area contributed by atoms with Gasteiger partial charge < -0.3 is 4.74 Å². The standard InChI is InChI=1S/C16H14FNO4S/c17-11-5-7-12(8-6-11)23(20,21)18-16(19)14-9-10-22-15-4-2-1-3-13(14)15/h1-8,14H,9-10H2,(H,18,19)/t14-/m0/s1. The van der Waals surface area contributed by atoms with Crippen molar-refractivity contribution in [2.45, 2.75) is 17.2 Å². The van der Waals surface area contributed by atoms with Gasteiger partial charge in [0.05, 0.1) is 17.4 Å². The van der Waals surface area contributed by atoms with E-state index in [-0.39, 0.29) is 4.90 Å². The van der Waals surface area contributed by atoms with Gasteiger partial charge in [0.25, 0.3) is 10.0 Å². The van der Waals surface area contributed by atoms with E-state index in [4.69, 9.17) is 4.74 Å². The van der Waals surface area contributed by atoms with Crippen LogP contribution in [0.1, 0.15) is 17.9 Å². The molecule has 0 saturated carbocycles. The third-order valence-corrected chi connectivity index (χ3v) is 5.00. The molecule has 120 valence electrons. The van der Waals surface area contributed by atoms with Crippen LogP contribution >= 0.6 is 0 Å². The monoisotopic (exact) mass is 335 g/mol. The molecule has 1 aliphatic rings. The third-order valence-electron chi connectivity index (χ3n) is 3.63. The first-order valence-corrected chi connectivity index (χ1v) is 8.49.